The lowest BCUT2D eigenvalue weighted by Crippen LogP contribution is -1.90. The van der Waals surface area contributed by atoms with Crippen LogP contribution in [0.25, 0.3) is 0 Å². The van der Waals surface area contributed by atoms with Gasteiger partial charge in [0.1, 0.15) is 0 Å². The van der Waals surface area contributed by atoms with Crippen LogP contribution in [-0.2, 0) is 4.74 Å². The van der Waals surface area contributed by atoms with Crippen LogP contribution in [0.1, 0.15) is 6.92 Å². The molecule has 0 aromatic rings. The SMILES string of the molecule is C=COC(C)=NO. The molecule has 0 atom stereocenters. The largest absolute Gasteiger partial charge is 0.448 e. The highest BCUT2D eigenvalue weighted by Gasteiger charge is 1.80. The van der Waals surface area contributed by atoms with Crippen LogP contribution in [0.3, 0.4) is 0 Å². The van der Waals surface area contributed by atoms with E-state index in [1.54, 1.807) is 0 Å². The summed E-state index contributed by atoms with van der Waals surface area (Å²) >= 11 is 0. The second-order valence-corrected chi connectivity index (χ2v) is 0.904. The predicted molar refractivity (Wildman–Crippen MR) is 26.2 cm³/mol. The normalized spacial score (nSPS) is 10.7. The van der Waals surface area contributed by atoms with E-state index < -0.39 is 0 Å². The van der Waals surface area contributed by atoms with E-state index in [2.05, 4.69) is 16.5 Å². The molecule has 0 fully saturated rings. The molecular weight excluding hydrogens is 94.0 g/mol. The maximum Gasteiger partial charge on any atom is 0.227 e. The molecule has 0 aromatic carbocycles. The number of rotatable bonds is 1. The average molecular weight is 101 g/mol. The van der Waals surface area contributed by atoms with E-state index in [1.165, 1.54) is 13.2 Å². The van der Waals surface area contributed by atoms with Gasteiger partial charge in [-0.1, -0.05) is 11.7 Å². The third kappa shape index (κ3) is 2.82. The Hall–Kier alpha value is -0.990. The van der Waals surface area contributed by atoms with Crippen LogP contribution in [0.15, 0.2) is 18.0 Å². The quantitative estimate of drug-likeness (QED) is 0.176. The van der Waals surface area contributed by atoms with Gasteiger partial charge in [0.05, 0.1) is 6.26 Å². The molecule has 0 bridgehead atoms. The summed E-state index contributed by atoms with van der Waals surface area (Å²) in [7, 11) is 0. The van der Waals surface area contributed by atoms with E-state index in [9.17, 15) is 0 Å². The summed E-state index contributed by atoms with van der Waals surface area (Å²) in [5.41, 5.74) is 0. The first kappa shape index (κ1) is 6.01. The van der Waals surface area contributed by atoms with Crippen molar-refractivity contribution in [2.45, 2.75) is 6.92 Å². The molecule has 0 radical (unpaired) electrons. The van der Waals surface area contributed by atoms with Crippen LogP contribution in [0, 0.1) is 0 Å². The van der Waals surface area contributed by atoms with Gasteiger partial charge in [-0.3, -0.25) is 0 Å². The lowest BCUT2D eigenvalue weighted by atomic mass is 10.8. The number of hydrogen-bond donors (Lipinski definition) is 1. The summed E-state index contributed by atoms with van der Waals surface area (Å²) in [6.07, 6.45) is 1.19. The van der Waals surface area contributed by atoms with Crippen molar-refractivity contribution in [3.05, 3.63) is 12.8 Å². The molecule has 7 heavy (non-hydrogen) atoms. The molecule has 3 nitrogen and oxygen atoms in total. The molecule has 0 aliphatic rings. The highest BCUT2D eigenvalue weighted by molar-refractivity contribution is 5.72. The first-order valence-corrected chi connectivity index (χ1v) is 1.77. The Morgan fingerprint density at radius 3 is 2.71 bits per heavy atom. The summed E-state index contributed by atoms with van der Waals surface area (Å²) in [4.78, 5) is 0. The first-order valence-electron chi connectivity index (χ1n) is 1.77. The number of ether oxygens (including phenoxy) is 1. The first-order chi connectivity index (χ1) is 3.31. The highest BCUT2D eigenvalue weighted by Crippen LogP contribution is 1.76. The zero-order chi connectivity index (χ0) is 5.70. The van der Waals surface area contributed by atoms with Crippen molar-refractivity contribution in [3.8, 4) is 0 Å². The molecule has 0 spiro atoms. The smallest absolute Gasteiger partial charge is 0.227 e. The molecule has 40 valence electrons. The zero-order valence-electron chi connectivity index (χ0n) is 4.09. The van der Waals surface area contributed by atoms with Crippen LogP contribution in [0.4, 0.5) is 0 Å². The van der Waals surface area contributed by atoms with E-state index >= 15 is 0 Å². The summed E-state index contributed by atoms with van der Waals surface area (Å²) in [5.74, 6) is 0.190. The van der Waals surface area contributed by atoms with Crippen molar-refractivity contribution in [3.63, 3.8) is 0 Å². The van der Waals surface area contributed by atoms with Gasteiger partial charge in [-0.05, 0) is 0 Å². The van der Waals surface area contributed by atoms with E-state index in [0.717, 1.165) is 0 Å². The molecule has 0 aromatic heterocycles. The Morgan fingerprint density at radius 1 is 2.00 bits per heavy atom. The standard InChI is InChI=1S/C4H7NO2/c1-3-7-4(2)5-6/h3,6H,1H2,2H3. The molecule has 3 heteroatoms. The Balaban J connectivity index is 3.36. The number of oxime groups is 1. The van der Waals surface area contributed by atoms with Gasteiger partial charge in [-0.15, -0.1) is 0 Å². The summed E-state index contributed by atoms with van der Waals surface area (Å²) in [6.45, 7) is 4.75. The molecule has 0 amide bonds. The molecule has 0 aliphatic carbocycles. The third-order valence-electron chi connectivity index (χ3n) is 0.395. The second kappa shape index (κ2) is 3.21. The van der Waals surface area contributed by atoms with Crippen molar-refractivity contribution < 1.29 is 9.94 Å². The van der Waals surface area contributed by atoms with Crippen molar-refractivity contribution >= 4 is 5.90 Å². The van der Waals surface area contributed by atoms with E-state index in [-0.39, 0.29) is 5.90 Å². The number of hydrogen-bond acceptors (Lipinski definition) is 3. The molecular formula is C4H7NO2. The molecule has 0 rings (SSSR count). The van der Waals surface area contributed by atoms with Crippen molar-refractivity contribution in [2.75, 3.05) is 0 Å². The summed E-state index contributed by atoms with van der Waals surface area (Å²) in [5, 5.41) is 10.6. The van der Waals surface area contributed by atoms with E-state index in [0.29, 0.717) is 0 Å². The van der Waals surface area contributed by atoms with E-state index in [1.807, 2.05) is 0 Å². The second-order valence-electron chi connectivity index (χ2n) is 0.904. The van der Waals surface area contributed by atoms with Crippen LogP contribution in [0.2, 0.25) is 0 Å². The third-order valence-corrected chi connectivity index (χ3v) is 0.395. The fourth-order valence-electron chi connectivity index (χ4n) is 0.144. The van der Waals surface area contributed by atoms with Crippen molar-refractivity contribution in [1.82, 2.24) is 0 Å². The molecule has 0 unspecified atom stereocenters. The number of nitrogens with zero attached hydrogens (tertiary/aromatic N) is 1. The van der Waals surface area contributed by atoms with Crippen molar-refractivity contribution in [2.24, 2.45) is 5.16 Å². The Morgan fingerprint density at radius 2 is 2.57 bits per heavy atom. The highest BCUT2D eigenvalue weighted by atomic mass is 16.5. The Kier molecular flexibility index (Phi) is 2.76. The molecule has 1 N–H and O–H groups in total. The van der Waals surface area contributed by atoms with E-state index in [4.69, 9.17) is 5.21 Å². The lowest BCUT2D eigenvalue weighted by molar-refractivity contribution is 0.296. The van der Waals surface area contributed by atoms with Crippen LogP contribution < -0.4 is 0 Å². The van der Waals surface area contributed by atoms with Gasteiger partial charge in [-0.2, -0.15) is 0 Å². The summed E-state index contributed by atoms with van der Waals surface area (Å²) < 4.78 is 4.45. The van der Waals surface area contributed by atoms with Gasteiger partial charge in [0, 0.05) is 6.92 Å². The van der Waals surface area contributed by atoms with Crippen LogP contribution in [0.5, 0.6) is 0 Å². The molecule has 0 saturated heterocycles. The predicted octanol–water partition coefficient (Wildman–Crippen LogP) is 0.954. The minimum Gasteiger partial charge on any atom is -0.448 e. The lowest BCUT2D eigenvalue weighted by Gasteiger charge is -1.89. The minimum atomic E-state index is 0.190. The Labute approximate surface area is 41.9 Å². The monoisotopic (exact) mass is 101 g/mol. The fraction of sp³-hybridized carbons (Fsp3) is 0.250. The summed E-state index contributed by atoms with van der Waals surface area (Å²) in [6, 6.07) is 0. The van der Waals surface area contributed by atoms with Gasteiger partial charge >= 0.3 is 0 Å². The van der Waals surface area contributed by atoms with Crippen LogP contribution in [-0.4, -0.2) is 11.1 Å². The van der Waals surface area contributed by atoms with Gasteiger partial charge in [0.2, 0.25) is 5.90 Å². The molecule has 0 heterocycles. The maximum atomic E-state index is 7.88. The van der Waals surface area contributed by atoms with Gasteiger partial charge < -0.3 is 9.94 Å². The van der Waals surface area contributed by atoms with Gasteiger partial charge in [0.25, 0.3) is 0 Å². The maximum absolute atomic E-state index is 7.88. The van der Waals surface area contributed by atoms with Crippen molar-refractivity contribution in [1.29, 1.82) is 0 Å². The fourth-order valence-corrected chi connectivity index (χ4v) is 0.144. The topological polar surface area (TPSA) is 41.8 Å². The molecule has 0 saturated carbocycles. The van der Waals surface area contributed by atoms with Gasteiger partial charge in [0.15, 0.2) is 0 Å². The van der Waals surface area contributed by atoms with Gasteiger partial charge in [-0.25, -0.2) is 0 Å². The van der Waals surface area contributed by atoms with Crippen LogP contribution >= 0.6 is 0 Å². The molecule has 0 aliphatic heterocycles. The minimum absolute atomic E-state index is 0.190. The average Bonchev–Trinajstić information content (AvgIpc) is 1.68. The Bertz CT molecular complexity index is 87.7. The zero-order valence-corrected chi connectivity index (χ0v) is 4.09.